The van der Waals surface area contributed by atoms with Crippen LogP contribution in [0.15, 0.2) is 18.2 Å². The average Bonchev–Trinajstić information content (AvgIpc) is 2.49. The SMILES string of the molecule is Cl.O=C(CCl)NCC1CN(Cc2ccc(Cl)c(Cl)c2)CCO1. The van der Waals surface area contributed by atoms with Crippen LogP contribution in [0.5, 0.6) is 0 Å². The van der Waals surface area contributed by atoms with Crippen LogP contribution in [0.25, 0.3) is 0 Å². The smallest absolute Gasteiger partial charge is 0.235 e. The van der Waals surface area contributed by atoms with Gasteiger partial charge in [-0.25, -0.2) is 0 Å². The van der Waals surface area contributed by atoms with Crippen LogP contribution in [-0.4, -0.2) is 49.0 Å². The molecule has 1 fully saturated rings. The van der Waals surface area contributed by atoms with Gasteiger partial charge in [-0.05, 0) is 17.7 Å². The first kappa shape index (κ1) is 19.8. The number of carbonyl (C=O) groups is 1. The Bertz CT molecular complexity index is 502. The van der Waals surface area contributed by atoms with Crippen LogP contribution in [0.4, 0.5) is 0 Å². The highest BCUT2D eigenvalue weighted by atomic mass is 35.5. The molecule has 124 valence electrons. The number of carbonyl (C=O) groups excluding carboxylic acids is 1. The van der Waals surface area contributed by atoms with Crippen molar-refractivity contribution in [3.8, 4) is 0 Å². The van der Waals surface area contributed by atoms with Crippen molar-refractivity contribution in [2.45, 2.75) is 12.6 Å². The Kier molecular flexibility index (Phi) is 8.83. The fourth-order valence-corrected chi connectivity index (χ4v) is 2.63. The van der Waals surface area contributed by atoms with Crippen LogP contribution in [0, 0.1) is 0 Å². The van der Waals surface area contributed by atoms with E-state index in [1.54, 1.807) is 6.07 Å². The van der Waals surface area contributed by atoms with Gasteiger partial charge < -0.3 is 10.1 Å². The van der Waals surface area contributed by atoms with Gasteiger partial charge in [-0.1, -0.05) is 29.3 Å². The van der Waals surface area contributed by atoms with Crippen molar-refractivity contribution in [1.82, 2.24) is 10.2 Å². The van der Waals surface area contributed by atoms with Gasteiger partial charge in [-0.15, -0.1) is 24.0 Å². The monoisotopic (exact) mass is 386 g/mol. The van der Waals surface area contributed by atoms with E-state index in [2.05, 4.69) is 10.2 Å². The maximum atomic E-state index is 11.2. The second-order valence-corrected chi connectivity index (χ2v) is 6.00. The highest BCUT2D eigenvalue weighted by molar-refractivity contribution is 6.42. The number of nitrogens with one attached hydrogen (secondary N) is 1. The molecule has 0 aromatic heterocycles. The number of ether oxygens (including phenoxy) is 1. The predicted octanol–water partition coefficient (Wildman–Crippen LogP) is 2.97. The van der Waals surface area contributed by atoms with Crippen molar-refractivity contribution in [1.29, 1.82) is 0 Å². The summed E-state index contributed by atoms with van der Waals surface area (Å²) in [5.74, 6) is -0.207. The van der Waals surface area contributed by atoms with Gasteiger partial charge in [-0.2, -0.15) is 0 Å². The Morgan fingerprint density at radius 2 is 2.14 bits per heavy atom. The molecule has 0 saturated carbocycles. The molecule has 22 heavy (non-hydrogen) atoms. The van der Waals surface area contributed by atoms with Gasteiger partial charge in [0, 0.05) is 26.2 Å². The van der Waals surface area contributed by atoms with Crippen molar-refractivity contribution in [3.05, 3.63) is 33.8 Å². The number of hydrogen-bond donors (Lipinski definition) is 1. The Morgan fingerprint density at radius 3 is 2.82 bits per heavy atom. The second kappa shape index (κ2) is 9.81. The van der Waals surface area contributed by atoms with E-state index >= 15 is 0 Å². The number of alkyl halides is 1. The van der Waals surface area contributed by atoms with Crippen molar-refractivity contribution >= 4 is 53.1 Å². The Morgan fingerprint density at radius 1 is 1.36 bits per heavy atom. The van der Waals surface area contributed by atoms with Crippen LogP contribution < -0.4 is 5.32 Å². The summed E-state index contributed by atoms with van der Waals surface area (Å²) in [6, 6.07) is 5.65. The predicted molar refractivity (Wildman–Crippen MR) is 92.5 cm³/mol. The number of benzene rings is 1. The summed E-state index contributed by atoms with van der Waals surface area (Å²) in [5, 5.41) is 3.86. The maximum Gasteiger partial charge on any atom is 0.235 e. The largest absolute Gasteiger partial charge is 0.374 e. The van der Waals surface area contributed by atoms with Crippen molar-refractivity contribution < 1.29 is 9.53 Å². The van der Waals surface area contributed by atoms with E-state index < -0.39 is 0 Å². The van der Waals surface area contributed by atoms with E-state index in [9.17, 15) is 4.79 Å². The fourth-order valence-electron chi connectivity index (χ4n) is 2.22. The summed E-state index contributed by atoms with van der Waals surface area (Å²) in [6.45, 7) is 3.50. The summed E-state index contributed by atoms with van der Waals surface area (Å²) in [7, 11) is 0. The molecule has 0 radical (unpaired) electrons. The molecule has 0 spiro atoms. The maximum absolute atomic E-state index is 11.2. The number of nitrogens with zero attached hydrogens (tertiary/aromatic N) is 1. The Balaban J connectivity index is 0.00000242. The Labute approximate surface area is 151 Å². The third kappa shape index (κ3) is 6.11. The van der Waals surface area contributed by atoms with Gasteiger partial charge in [0.15, 0.2) is 0 Å². The molecule has 1 aliphatic heterocycles. The van der Waals surface area contributed by atoms with E-state index in [1.165, 1.54) is 0 Å². The molecule has 4 nitrogen and oxygen atoms in total. The normalized spacial score (nSPS) is 18.6. The van der Waals surface area contributed by atoms with Gasteiger partial charge >= 0.3 is 0 Å². The topological polar surface area (TPSA) is 41.6 Å². The van der Waals surface area contributed by atoms with Gasteiger partial charge in [0.05, 0.1) is 22.8 Å². The van der Waals surface area contributed by atoms with E-state index in [0.29, 0.717) is 23.2 Å². The molecule has 1 N–H and O–H groups in total. The summed E-state index contributed by atoms with van der Waals surface area (Å²) >= 11 is 17.4. The fraction of sp³-hybridized carbons (Fsp3) is 0.500. The molecule has 1 saturated heterocycles. The lowest BCUT2D eigenvalue weighted by Crippen LogP contribution is -2.47. The van der Waals surface area contributed by atoms with Crippen LogP contribution in [0.2, 0.25) is 10.0 Å². The minimum absolute atomic E-state index is 0. The molecular formula is C14H18Cl4N2O2. The van der Waals surface area contributed by atoms with E-state index in [4.69, 9.17) is 39.5 Å². The third-order valence-electron chi connectivity index (χ3n) is 3.26. The molecule has 1 atom stereocenters. The molecule has 2 rings (SSSR count). The van der Waals surface area contributed by atoms with Gasteiger partial charge in [0.25, 0.3) is 0 Å². The van der Waals surface area contributed by atoms with Crippen molar-refractivity contribution in [2.75, 3.05) is 32.1 Å². The van der Waals surface area contributed by atoms with E-state index in [1.807, 2.05) is 12.1 Å². The number of amides is 1. The summed E-state index contributed by atoms with van der Waals surface area (Å²) in [4.78, 5) is 13.4. The zero-order chi connectivity index (χ0) is 15.2. The number of morpholine rings is 1. The average molecular weight is 388 g/mol. The summed E-state index contributed by atoms with van der Waals surface area (Å²) in [6.07, 6.45) is -0.0197. The molecule has 1 amide bonds. The van der Waals surface area contributed by atoms with Crippen LogP contribution in [-0.2, 0) is 16.1 Å². The first-order valence-corrected chi connectivity index (χ1v) is 7.98. The highest BCUT2D eigenvalue weighted by Crippen LogP contribution is 2.23. The lowest BCUT2D eigenvalue weighted by atomic mass is 10.2. The molecule has 1 heterocycles. The van der Waals surface area contributed by atoms with E-state index in [-0.39, 0.29) is 30.3 Å². The first-order valence-electron chi connectivity index (χ1n) is 6.69. The van der Waals surface area contributed by atoms with Crippen LogP contribution >= 0.6 is 47.2 Å². The molecule has 1 aromatic rings. The molecule has 8 heteroatoms. The first-order chi connectivity index (χ1) is 10.1. The van der Waals surface area contributed by atoms with Gasteiger partial charge in [0.1, 0.15) is 5.88 Å². The summed E-state index contributed by atoms with van der Waals surface area (Å²) in [5.41, 5.74) is 1.11. The molecular weight excluding hydrogens is 370 g/mol. The van der Waals surface area contributed by atoms with Gasteiger partial charge in [0.2, 0.25) is 5.91 Å². The number of hydrogen-bond acceptors (Lipinski definition) is 3. The Hall–Kier alpha value is -0.230. The molecule has 1 aromatic carbocycles. The molecule has 0 bridgehead atoms. The van der Waals surface area contributed by atoms with Crippen LogP contribution in [0.3, 0.4) is 0 Å². The number of halogens is 4. The minimum atomic E-state index is -0.179. The lowest BCUT2D eigenvalue weighted by molar-refractivity contribution is -0.119. The zero-order valence-electron chi connectivity index (χ0n) is 11.9. The van der Waals surface area contributed by atoms with Gasteiger partial charge in [-0.3, -0.25) is 9.69 Å². The standard InChI is InChI=1S/C14H17Cl3N2O2.ClH/c15-6-14(20)18-7-11-9-19(3-4-21-11)8-10-1-2-12(16)13(17)5-10;/h1-2,5,11H,3-4,6-9H2,(H,18,20);1H. The molecule has 1 aliphatic rings. The van der Waals surface area contributed by atoms with Crippen molar-refractivity contribution in [2.24, 2.45) is 0 Å². The minimum Gasteiger partial charge on any atom is -0.374 e. The van der Waals surface area contributed by atoms with E-state index in [0.717, 1.165) is 25.2 Å². The molecule has 1 unspecified atom stereocenters. The summed E-state index contributed by atoms with van der Waals surface area (Å²) < 4.78 is 5.64. The third-order valence-corrected chi connectivity index (χ3v) is 4.24. The number of rotatable bonds is 5. The van der Waals surface area contributed by atoms with Crippen LogP contribution in [0.1, 0.15) is 5.56 Å². The quantitative estimate of drug-likeness (QED) is 0.789. The second-order valence-electron chi connectivity index (χ2n) is 4.91. The molecule has 0 aliphatic carbocycles. The lowest BCUT2D eigenvalue weighted by Gasteiger charge is -2.33. The highest BCUT2D eigenvalue weighted by Gasteiger charge is 2.21. The van der Waals surface area contributed by atoms with Crippen molar-refractivity contribution in [3.63, 3.8) is 0 Å². The zero-order valence-corrected chi connectivity index (χ0v) is 14.9.